The van der Waals surface area contributed by atoms with Crippen LogP contribution in [-0.2, 0) is 5.92 Å². The summed E-state index contributed by atoms with van der Waals surface area (Å²) in [6.07, 6.45) is 0.866. The van der Waals surface area contributed by atoms with Gasteiger partial charge in [0.25, 0.3) is 5.92 Å². The van der Waals surface area contributed by atoms with Gasteiger partial charge in [0.1, 0.15) is 0 Å². The Labute approximate surface area is 83.1 Å². The molecule has 0 fully saturated rings. The second kappa shape index (κ2) is 5.05. The highest BCUT2D eigenvalue weighted by Gasteiger charge is 2.30. The molecule has 0 radical (unpaired) electrons. The topological polar surface area (TPSA) is 12.0 Å². The molecule has 0 amide bonds. The molecule has 0 saturated heterocycles. The molecule has 78 valence electrons. The largest absolute Gasteiger partial charge is 0.311 e. The summed E-state index contributed by atoms with van der Waals surface area (Å²) in [5.41, 5.74) is 0.0728. The van der Waals surface area contributed by atoms with Gasteiger partial charge in [-0.05, 0) is 13.0 Å². The molecule has 0 unspecified atom stereocenters. The first-order valence-electron chi connectivity index (χ1n) is 4.81. The molecule has 1 aromatic rings. The summed E-state index contributed by atoms with van der Waals surface area (Å²) in [6.45, 7) is 2.29. The first-order valence-corrected chi connectivity index (χ1v) is 4.81. The molecule has 1 aromatic carbocycles. The van der Waals surface area contributed by atoms with Crippen LogP contribution in [0.15, 0.2) is 30.3 Å². The molecular weight excluding hydrogens is 184 g/mol. The molecule has 0 aliphatic carbocycles. The van der Waals surface area contributed by atoms with Crippen LogP contribution in [0.3, 0.4) is 0 Å². The maximum atomic E-state index is 13.4. The normalized spacial score (nSPS) is 11.6. The van der Waals surface area contributed by atoms with Gasteiger partial charge < -0.3 is 5.32 Å². The first-order chi connectivity index (χ1) is 6.67. The maximum Gasteiger partial charge on any atom is 0.285 e. The van der Waals surface area contributed by atoms with Crippen molar-refractivity contribution >= 4 is 0 Å². The van der Waals surface area contributed by atoms with Crippen molar-refractivity contribution in [2.75, 3.05) is 13.1 Å². The van der Waals surface area contributed by atoms with Gasteiger partial charge in [-0.3, -0.25) is 0 Å². The minimum Gasteiger partial charge on any atom is -0.311 e. The highest BCUT2D eigenvalue weighted by Crippen LogP contribution is 2.26. The van der Waals surface area contributed by atoms with E-state index in [1.165, 1.54) is 12.1 Å². The Balaban J connectivity index is 2.56. The molecule has 1 N–H and O–H groups in total. The van der Waals surface area contributed by atoms with Gasteiger partial charge in [-0.2, -0.15) is 8.78 Å². The van der Waals surface area contributed by atoms with Gasteiger partial charge in [0.15, 0.2) is 0 Å². The second-order valence-electron chi connectivity index (χ2n) is 3.25. The third kappa shape index (κ3) is 3.07. The quantitative estimate of drug-likeness (QED) is 0.719. The Kier molecular flexibility index (Phi) is 4.01. The molecule has 0 aliphatic heterocycles. The summed E-state index contributed by atoms with van der Waals surface area (Å²) < 4.78 is 26.8. The van der Waals surface area contributed by atoms with E-state index in [0.29, 0.717) is 6.54 Å². The van der Waals surface area contributed by atoms with E-state index in [2.05, 4.69) is 5.32 Å². The number of rotatable bonds is 5. The van der Waals surface area contributed by atoms with Crippen molar-refractivity contribution < 1.29 is 8.78 Å². The summed E-state index contributed by atoms with van der Waals surface area (Å²) in [6, 6.07) is 7.90. The van der Waals surface area contributed by atoms with E-state index in [0.717, 1.165) is 6.42 Å². The number of benzene rings is 1. The van der Waals surface area contributed by atoms with E-state index in [-0.39, 0.29) is 12.1 Å². The van der Waals surface area contributed by atoms with Crippen LogP contribution >= 0.6 is 0 Å². The third-order valence-electron chi connectivity index (χ3n) is 1.97. The zero-order chi connectivity index (χ0) is 10.4. The van der Waals surface area contributed by atoms with Gasteiger partial charge in [-0.25, -0.2) is 0 Å². The zero-order valence-corrected chi connectivity index (χ0v) is 8.26. The van der Waals surface area contributed by atoms with Gasteiger partial charge in [0.05, 0.1) is 6.54 Å². The van der Waals surface area contributed by atoms with Crippen LogP contribution in [0.4, 0.5) is 8.78 Å². The van der Waals surface area contributed by atoms with Crippen LogP contribution in [0, 0.1) is 0 Å². The van der Waals surface area contributed by atoms with E-state index in [1.54, 1.807) is 18.2 Å². The van der Waals surface area contributed by atoms with Crippen LogP contribution in [-0.4, -0.2) is 13.1 Å². The minimum absolute atomic E-state index is 0.0728. The highest BCUT2D eigenvalue weighted by molar-refractivity contribution is 5.20. The average Bonchev–Trinajstić information content (AvgIpc) is 2.19. The van der Waals surface area contributed by atoms with E-state index >= 15 is 0 Å². The molecule has 14 heavy (non-hydrogen) atoms. The van der Waals surface area contributed by atoms with Crippen molar-refractivity contribution in [1.29, 1.82) is 0 Å². The number of hydrogen-bond acceptors (Lipinski definition) is 1. The average molecular weight is 199 g/mol. The molecule has 0 atom stereocenters. The van der Waals surface area contributed by atoms with E-state index in [1.807, 2.05) is 6.92 Å². The molecule has 3 heteroatoms. The van der Waals surface area contributed by atoms with E-state index in [9.17, 15) is 8.78 Å². The standard InChI is InChI=1S/C11H15F2N/c1-2-8-14-9-11(12,13)10-6-4-3-5-7-10/h3-7,14H,2,8-9H2,1H3. The van der Waals surface area contributed by atoms with Crippen LogP contribution in [0.2, 0.25) is 0 Å². The Bertz CT molecular complexity index is 259. The fourth-order valence-corrected chi connectivity index (χ4v) is 1.21. The summed E-state index contributed by atoms with van der Waals surface area (Å²) in [7, 11) is 0. The lowest BCUT2D eigenvalue weighted by molar-refractivity contribution is -0.00290. The molecular formula is C11H15F2N. The van der Waals surface area contributed by atoms with Crippen LogP contribution in [0.5, 0.6) is 0 Å². The second-order valence-corrected chi connectivity index (χ2v) is 3.25. The third-order valence-corrected chi connectivity index (χ3v) is 1.97. The van der Waals surface area contributed by atoms with Crippen molar-refractivity contribution in [2.24, 2.45) is 0 Å². The first kappa shape index (κ1) is 11.1. The van der Waals surface area contributed by atoms with Gasteiger partial charge in [-0.1, -0.05) is 37.3 Å². The molecule has 0 aromatic heterocycles. The van der Waals surface area contributed by atoms with Gasteiger partial charge in [0, 0.05) is 5.56 Å². The molecule has 0 aliphatic rings. The van der Waals surface area contributed by atoms with E-state index < -0.39 is 5.92 Å². The monoisotopic (exact) mass is 199 g/mol. The number of alkyl halides is 2. The molecule has 0 heterocycles. The number of hydrogen-bond donors (Lipinski definition) is 1. The zero-order valence-electron chi connectivity index (χ0n) is 8.26. The van der Waals surface area contributed by atoms with Crippen LogP contribution < -0.4 is 5.32 Å². The lowest BCUT2D eigenvalue weighted by Gasteiger charge is -2.16. The van der Waals surface area contributed by atoms with Gasteiger partial charge >= 0.3 is 0 Å². The van der Waals surface area contributed by atoms with Crippen LogP contribution in [0.25, 0.3) is 0 Å². The van der Waals surface area contributed by atoms with Crippen molar-refractivity contribution in [3.05, 3.63) is 35.9 Å². The van der Waals surface area contributed by atoms with Crippen molar-refractivity contribution in [3.63, 3.8) is 0 Å². The smallest absolute Gasteiger partial charge is 0.285 e. The van der Waals surface area contributed by atoms with Crippen molar-refractivity contribution in [2.45, 2.75) is 19.3 Å². The summed E-state index contributed by atoms with van der Waals surface area (Å²) >= 11 is 0. The predicted molar refractivity (Wildman–Crippen MR) is 53.5 cm³/mol. The fourth-order valence-electron chi connectivity index (χ4n) is 1.21. The lowest BCUT2D eigenvalue weighted by Crippen LogP contribution is -2.31. The minimum atomic E-state index is -2.77. The Morgan fingerprint density at radius 3 is 2.43 bits per heavy atom. The summed E-state index contributed by atoms with van der Waals surface area (Å²) in [5.74, 6) is -2.77. The summed E-state index contributed by atoms with van der Waals surface area (Å²) in [5, 5.41) is 2.72. The molecule has 1 rings (SSSR count). The van der Waals surface area contributed by atoms with Crippen molar-refractivity contribution in [3.8, 4) is 0 Å². The Morgan fingerprint density at radius 2 is 1.86 bits per heavy atom. The fraction of sp³-hybridized carbons (Fsp3) is 0.455. The Hall–Kier alpha value is -0.960. The molecule has 0 bridgehead atoms. The van der Waals surface area contributed by atoms with Gasteiger partial charge in [-0.15, -0.1) is 0 Å². The summed E-state index contributed by atoms with van der Waals surface area (Å²) in [4.78, 5) is 0. The van der Waals surface area contributed by atoms with E-state index in [4.69, 9.17) is 0 Å². The predicted octanol–water partition coefficient (Wildman–Crippen LogP) is 2.78. The Morgan fingerprint density at radius 1 is 1.21 bits per heavy atom. The number of halogens is 2. The molecule has 0 spiro atoms. The molecule has 0 saturated carbocycles. The molecule has 1 nitrogen and oxygen atoms in total. The van der Waals surface area contributed by atoms with Crippen LogP contribution in [0.1, 0.15) is 18.9 Å². The van der Waals surface area contributed by atoms with Gasteiger partial charge in [0.2, 0.25) is 0 Å². The lowest BCUT2D eigenvalue weighted by atomic mass is 10.1. The number of nitrogens with one attached hydrogen (secondary N) is 1. The SMILES string of the molecule is CCCNCC(F)(F)c1ccccc1. The van der Waals surface area contributed by atoms with Crippen molar-refractivity contribution in [1.82, 2.24) is 5.32 Å². The maximum absolute atomic E-state index is 13.4. The highest BCUT2D eigenvalue weighted by atomic mass is 19.3.